The molecule has 1 aliphatic rings. The molecule has 0 atom stereocenters. The summed E-state index contributed by atoms with van der Waals surface area (Å²) in [6.45, 7) is 9.83. The second kappa shape index (κ2) is 11.2. The Kier molecular flexibility index (Phi) is 7.66. The second-order valence-corrected chi connectivity index (χ2v) is 11.6. The lowest BCUT2D eigenvalue weighted by molar-refractivity contribution is 0.0363. The van der Waals surface area contributed by atoms with Gasteiger partial charge in [0.2, 0.25) is 5.82 Å². The second-order valence-electron chi connectivity index (χ2n) is 11.6. The molecule has 0 radical (unpaired) electrons. The van der Waals surface area contributed by atoms with Crippen molar-refractivity contribution in [1.82, 2.24) is 25.3 Å². The van der Waals surface area contributed by atoms with Crippen LogP contribution in [-0.2, 0) is 10.2 Å². The van der Waals surface area contributed by atoms with E-state index < -0.39 is 17.5 Å². The van der Waals surface area contributed by atoms with Crippen molar-refractivity contribution in [1.29, 1.82) is 0 Å². The van der Waals surface area contributed by atoms with Crippen LogP contribution in [0.4, 0.5) is 9.18 Å². The number of carbonyl (C=O) groups is 1. The highest BCUT2D eigenvalue weighted by atomic mass is 19.1. The van der Waals surface area contributed by atoms with E-state index in [0.717, 1.165) is 35.9 Å². The van der Waals surface area contributed by atoms with Gasteiger partial charge in [-0.1, -0.05) is 38.1 Å². The fourth-order valence-corrected chi connectivity index (χ4v) is 4.59. The zero-order valence-electron chi connectivity index (χ0n) is 23.8. The maximum absolute atomic E-state index is 13.9. The smallest absolute Gasteiger partial charge is 0.407 e. The fraction of sp³-hybridized carbons (Fsp3) is 0.355. The summed E-state index contributed by atoms with van der Waals surface area (Å²) in [5, 5.41) is 11.0. The van der Waals surface area contributed by atoms with Crippen LogP contribution in [0.2, 0.25) is 0 Å². The first-order valence-corrected chi connectivity index (χ1v) is 13.5. The minimum atomic E-state index is -0.518. The summed E-state index contributed by atoms with van der Waals surface area (Å²) in [6, 6.07) is 17.1. The number of aromatic nitrogens is 4. The van der Waals surface area contributed by atoms with E-state index in [4.69, 9.17) is 14.2 Å². The van der Waals surface area contributed by atoms with Gasteiger partial charge in [-0.3, -0.25) is 0 Å². The van der Waals surface area contributed by atoms with E-state index in [0.29, 0.717) is 11.6 Å². The number of halogens is 1. The summed E-state index contributed by atoms with van der Waals surface area (Å²) in [4.78, 5) is 17.3. The van der Waals surface area contributed by atoms with E-state index in [9.17, 15) is 9.18 Å². The Morgan fingerprint density at radius 2 is 1.51 bits per heavy atom. The third-order valence-corrected chi connectivity index (χ3v) is 6.91. The van der Waals surface area contributed by atoms with Crippen molar-refractivity contribution in [2.45, 2.75) is 70.6 Å². The first-order valence-electron chi connectivity index (χ1n) is 13.5. The molecule has 1 fully saturated rings. The number of pyridine rings is 1. The highest BCUT2D eigenvalue weighted by molar-refractivity contribution is 5.68. The van der Waals surface area contributed by atoms with Gasteiger partial charge in [0.15, 0.2) is 5.75 Å². The molecule has 9 nitrogen and oxygen atoms in total. The zero-order chi connectivity index (χ0) is 29.2. The summed E-state index contributed by atoms with van der Waals surface area (Å²) in [5.41, 5.74) is 1.40. The van der Waals surface area contributed by atoms with Crippen molar-refractivity contribution in [2.24, 2.45) is 0 Å². The molecule has 0 bridgehead atoms. The standard InChI is InChI=1S/C31H34FN5O4/c1-30(2,3)41-29(38)36-23-17-26(18-23)39-24-10-6-20(7-11-24)31(4,5)21-8-12-25(13-9-21)40-27-16-22(32)19-33-28(27)37-34-14-15-35-37/h6-16,19,23,26H,17-18H2,1-5H3,(H,36,38). The number of carbonyl (C=O) groups excluding carboxylic acids is 1. The van der Waals surface area contributed by atoms with Crippen molar-refractivity contribution in [3.05, 3.63) is 90.1 Å². The lowest BCUT2D eigenvalue weighted by atomic mass is 9.78. The Morgan fingerprint density at radius 3 is 2.10 bits per heavy atom. The SMILES string of the molecule is CC(C)(C)OC(=O)NC1CC(Oc2ccc(C(C)(C)c3ccc(Oc4cc(F)cnc4-n4nccn4)cc3)cc2)C1. The van der Waals surface area contributed by atoms with Crippen LogP contribution >= 0.6 is 0 Å². The number of ether oxygens (including phenoxy) is 3. The Hall–Kier alpha value is -4.47. The van der Waals surface area contributed by atoms with E-state index >= 15 is 0 Å². The zero-order valence-corrected chi connectivity index (χ0v) is 23.8. The Labute approximate surface area is 238 Å². The molecule has 214 valence electrons. The Morgan fingerprint density at radius 1 is 0.927 bits per heavy atom. The van der Waals surface area contributed by atoms with Crippen LogP contribution < -0.4 is 14.8 Å². The number of nitrogens with one attached hydrogen (secondary N) is 1. The van der Waals surface area contributed by atoms with Crippen LogP contribution in [0.3, 0.4) is 0 Å². The third-order valence-electron chi connectivity index (χ3n) is 6.91. The van der Waals surface area contributed by atoms with Gasteiger partial charge in [0.25, 0.3) is 0 Å². The molecule has 2 aromatic carbocycles. The van der Waals surface area contributed by atoms with Crippen molar-refractivity contribution in [2.75, 3.05) is 0 Å². The number of hydrogen-bond donors (Lipinski definition) is 1. The molecule has 4 aromatic rings. The summed E-state index contributed by atoms with van der Waals surface area (Å²) < 4.78 is 31.3. The van der Waals surface area contributed by atoms with Gasteiger partial charge in [-0.2, -0.15) is 10.2 Å². The summed E-state index contributed by atoms with van der Waals surface area (Å²) >= 11 is 0. The molecule has 1 amide bonds. The first-order chi connectivity index (χ1) is 19.5. The third kappa shape index (κ3) is 6.82. The first kappa shape index (κ1) is 28.1. The van der Waals surface area contributed by atoms with Gasteiger partial charge in [-0.05, 0) is 56.2 Å². The summed E-state index contributed by atoms with van der Waals surface area (Å²) in [7, 11) is 0. The Balaban J connectivity index is 1.18. The average molecular weight is 560 g/mol. The van der Waals surface area contributed by atoms with Crippen LogP contribution in [0, 0.1) is 5.82 Å². The van der Waals surface area contributed by atoms with E-state index in [-0.39, 0.29) is 23.3 Å². The minimum Gasteiger partial charge on any atom is -0.490 e. The normalized spacial score (nSPS) is 16.9. The topological polar surface area (TPSA) is 100 Å². The lowest BCUT2D eigenvalue weighted by Crippen LogP contribution is -2.50. The predicted molar refractivity (Wildman–Crippen MR) is 151 cm³/mol. The number of benzene rings is 2. The minimum absolute atomic E-state index is 0.0548. The van der Waals surface area contributed by atoms with Crippen LogP contribution in [0.5, 0.6) is 17.2 Å². The fourth-order valence-electron chi connectivity index (χ4n) is 4.59. The molecular formula is C31H34FN5O4. The molecule has 41 heavy (non-hydrogen) atoms. The van der Waals surface area contributed by atoms with Crippen LogP contribution in [0.15, 0.2) is 73.2 Å². The van der Waals surface area contributed by atoms with E-state index in [1.54, 1.807) is 0 Å². The predicted octanol–water partition coefficient (Wildman–Crippen LogP) is 6.35. The van der Waals surface area contributed by atoms with Crippen molar-refractivity contribution in [3.8, 4) is 23.1 Å². The van der Waals surface area contributed by atoms with Gasteiger partial charge in [0.05, 0.1) is 18.6 Å². The quantitative estimate of drug-likeness (QED) is 0.268. The maximum Gasteiger partial charge on any atom is 0.407 e. The van der Waals surface area contributed by atoms with Gasteiger partial charge in [0, 0.05) is 30.4 Å². The molecule has 10 heteroatoms. The number of hydrogen-bond acceptors (Lipinski definition) is 7. The number of nitrogens with zero attached hydrogens (tertiary/aromatic N) is 4. The van der Waals surface area contributed by atoms with Crippen LogP contribution in [-0.4, -0.2) is 43.8 Å². The number of amides is 1. The van der Waals surface area contributed by atoms with E-state index in [1.807, 2.05) is 57.2 Å². The van der Waals surface area contributed by atoms with Crippen molar-refractivity contribution < 1.29 is 23.4 Å². The van der Waals surface area contributed by atoms with E-state index in [2.05, 4.69) is 46.5 Å². The molecule has 0 aliphatic heterocycles. The molecule has 2 aromatic heterocycles. The molecule has 0 saturated heterocycles. The van der Waals surface area contributed by atoms with Crippen molar-refractivity contribution >= 4 is 6.09 Å². The summed E-state index contributed by atoms with van der Waals surface area (Å²) in [6.07, 6.45) is 5.27. The average Bonchev–Trinajstić information content (AvgIpc) is 3.42. The molecule has 0 unspecified atom stereocenters. The highest BCUT2D eigenvalue weighted by Crippen LogP contribution is 2.35. The number of alkyl carbamates (subject to hydrolysis) is 1. The Bertz CT molecular complexity index is 1480. The van der Waals surface area contributed by atoms with Crippen LogP contribution in [0.1, 0.15) is 58.6 Å². The van der Waals surface area contributed by atoms with Crippen LogP contribution in [0.25, 0.3) is 5.82 Å². The van der Waals surface area contributed by atoms with Gasteiger partial charge in [-0.15, -0.1) is 4.80 Å². The molecular weight excluding hydrogens is 525 g/mol. The molecule has 1 saturated carbocycles. The molecule has 5 rings (SSSR count). The van der Waals surface area contributed by atoms with Gasteiger partial charge >= 0.3 is 6.09 Å². The van der Waals surface area contributed by atoms with Crippen molar-refractivity contribution in [3.63, 3.8) is 0 Å². The van der Waals surface area contributed by atoms with Gasteiger partial charge < -0.3 is 19.5 Å². The highest BCUT2D eigenvalue weighted by Gasteiger charge is 2.33. The van der Waals surface area contributed by atoms with Gasteiger partial charge in [0.1, 0.15) is 29.0 Å². The summed E-state index contributed by atoms with van der Waals surface area (Å²) in [5.74, 6) is 1.31. The lowest BCUT2D eigenvalue weighted by Gasteiger charge is -2.36. The molecule has 1 N–H and O–H groups in total. The largest absolute Gasteiger partial charge is 0.490 e. The number of rotatable bonds is 8. The molecule has 0 spiro atoms. The maximum atomic E-state index is 13.9. The monoisotopic (exact) mass is 559 g/mol. The van der Waals surface area contributed by atoms with Gasteiger partial charge in [-0.25, -0.2) is 14.2 Å². The van der Waals surface area contributed by atoms with E-state index in [1.165, 1.54) is 23.3 Å². The molecule has 2 heterocycles. The molecule has 1 aliphatic carbocycles.